The first-order chi connectivity index (χ1) is 17.9. The van der Waals surface area contributed by atoms with Gasteiger partial charge in [-0.25, -0.2) is 4.98 Å². The van der Waals surface area contributed by atoms with Gasteiger partial charge in [0, 0.05) is 68.2 Å². The third kappa shape index (κ3) is 5.19. The summed E-state index contributed by atoms with van der Waals surface area (Å²) in [6.45, 7) is 10.6. The van der Waals surface area contributed by atoms with E-state index in [1.54, 1.807) is 12.4 Å². The van der Waals surface area contributed by atoms with Crippen molar-refractivity contribution in [1.82, 2.24) is 9.97 Å². The number of primary amides is 1. The number of amides is 1. The van der Waals surface area contributed by atoms with E-state index in [0.717, 1.165) is 50.5 Å². The maximum atomic E-state index is 12.5. The first-order valence-corrected chi connectivity index (χ1v) is 13.2. The van der Waals surface area contributed by atoms with Crippen molar-refractivity contribution in [3.05, 3.63) is 71.7 Å². The number of nitrogens with two attached hydrogens (primary N) is 1. The highest BCUT2D eigenvalue weighted by Gasteiger charge is 2.33. The molecule has 8 heteroatoms. The monoisotopic (exact) mass is 499 g/mol. The van der Waals surface area contributed by atoms with E-state index in [2.05, 4.69) is 56.8 Å². The molecule has 3 N–H and O–H groups in total. The van der Waals surface area contributed by atoms with Crippen molar-refractivity contribution in [2.75, 3.05) is 52.7 Å². The Morgan fingerprint density at radius 2 is 1.73 bits per heavy atom. The smallest absolute Gasteiger partial charge is 0.241 e. The number of carbonyl (C=O) groups excluding carboxylic acids is 1. The molecule has 0 bridgehead atoms. The summed E-state index contributed by atoms with van der Waals surface area (Å²) in [6.07, 6.45) is 7.38. The van der Waals surface area contributed by atoms with Crippen LogP contribution in [0.25, 0.3) is 0 Å². The Labute approximate surface area is 219 Å². The fourth-order valence-corrected chi connectivity index (χ4v) is 5.95. The van der Waals surface area contributed by atoms with Gasteiger partial charge in [-0.1, -0.05) is 24.3 Å². The second kappa shape index (κ2) is 10.7. The van der Waals surface area contributed by atoms with E-state index in [9.17, 15) is 4.79 Å². The fraction of sp³-hybridized carbons (Fsp3) is 0.414. The molecule has 0 saturated carbocycles. The van der Waals surface area contributed by atoms with Crippen LogP contribution in [0.2, 0.25) is 0 Å². The van der Waals surface area contributed by atoms with Crippen LogP contribution in [0.15, 0.2) is 55.0 Å². The van der Waals surface area contributed by atoms with Crippen molar-refractivity contribution in [2.45, 2.75) is 45.7 Å². The summed E-state index contributed by atoms with van der Waals surface area (Å²) in [6, 6.07) is 12.4. The van der Waals surface area contributed by atoms with Crippen molar-refractivity contribution in [2.24, 2.45) is 5.73 Å². The summed E-state index contributed by atoms with van der Waals surface area (Å²) >= 11 is 0. The summed E-state index contributed by atoms with van der Waals surface area (Å²) in [4.78, 5) is 28.0. The zero-order chi connectivity index (χ0) is 25.9. The molecule has 8 nitrogen and oxygen atoms in total. The molecule has 0 unspecified atom stereocenters. The molecular weight excluding hydrogens is 462 g/mol. The van der Waals surface area contributed by atoms with Crippen molar-refractivity contribution >= 4 is 28.8 Å². The highest BCUT2D eigenvalue weighted by Crippen LogP contribution is 2.36. The third-order valence-electron chi connectivity index (χ3n) is 7.76. The van der Waals surface area contributed by atoms with E-state index >= 15 is 0 Å². The fourth-order valence-electron chi connectivity index (χ4n) is 5.95. The Bertz CT molecular complexity index is 1230. The summed E-state index contributed by atoms with van der Waals surface area (Å²) in [5.41, 5.74) is 13.1. The number of anilines is 4. The van der Waals surface area contributed by atoms with Crippen molar-refractivity contribution < 1.29 is 4.79 Å². The number of aryl methyl sites for hydroxylation is 2. The van der Waals surface area contributed by atoms with Crippen LogP contribution in [-0.2, 0) is 4.79 Å². The van der Waals surface area contributed by atoms with Crippen LogP contribution in [0, 0.1) is 20.8 Å². The van der Waals surface area contributed by atoms with Crippen molar-refractivity contribution in [1.29, 1.82) is 0 Å². The van der Waals surface area contributed by atoms with Crippen LogP contribution in [0.3, 0.4) is 0 Å². The molecule has 1 atom stereocenters. The molecule has 2 aromatic carbocycles. The van der Waals surface area contributed by atoms with Gasteiger partial charge in [0.25, 0.3) is 0 Å². The molecule has 1 aromatic heterocycles. The zero-order valence-electron chi connectivity index (χ0n) is 22.0. The topological polar surface area (TPSA) is 90.6 Å². The summed E-state index contributed by atoms with van der Waals surface area (Å²) in [5, 5.41) is 3.87. The summed E-state index contributed by atoms with van der Waals surface area (Å²) < 4.78 is 0. The van der Waals surface area contributed by atoms with E-state index in [1.807, 2.05) is 36.5 Å². The largest absolute Gasteiger partial charge is 0.382 e. The van der Waals surface area contributed by atoms with Crippen LogP contribution >= 0.6 is 0 Å². The van der Waals surface area contributed by atoms with Crippen LogP contribution < -0.4 is 25.8 Å². The van der Waals surface area contributed by atoms with Crippen LogP contribution in [0.4, 0.5) is 22.9 Å². The highest BCUT2D eigenvalue weighted by molar-refractivity contribution is 5.85. The van der Waals surface area contributed by atoms with Crippen LogP contribution in [0.1, 0.15) is 29.5 Å². The molecule has 5 rings (SSSR count). The predicted molar refractivity (Wildman–Crippen MR) is 151 cm³/mol. The Morgan fingerprint density at radius 1 is 0.973 bits per heavy atom. The number of piperidine rings is 1. The number of nitrogens with zero attached hydrogens (tertiary/aromatic N) is 5. The van der Waals surface area contributed by atoms with Gasteiger partial charge < -0.3 is 25.8 Å². The quantitative estimate of drug-likeness (QED) is 0.535. The SMILES string of the molecule is Cc1cc(C)c(N2CCN(c3ccccc3)[C@@H](C(N)=O)C2)c(C)c1NC1CCN(c2cnccn2)CC1. The average Bonchev–Trinajstić information content (AvgIpc) is 2.92. The first-order valence-electron chi connectivity index (χ1n) is 13.2. The lowest BCUT2D eigenvalue weighted by atomic mass is 9.97. The molecule has 2 saturated heterocycles. The lowest BCUT2D eigenvalue weighted by Crippen LogP contribution is -2.58. The van der Waals surface area contributed by atoms with Gasteiger partial charge in [-0.2, -0.15) is 0 Å². The molecule has 3 heterocycles. The van der Waals surface area contributed by atoms with Gasteiger partial charge in [0.05, 0.1) is 6.20 Å². The number of aromatic nitrogens is 2. The lowest BCUT2D eigenvalue weighted by molar-refractivity contribution is -0.119. The Morgan fingerprint density at radius 3 is 2.41 bits per heavy atom. The lowest BCUT2D eigenvalue weighted by Gasteiger charge is -2.43. The van der Waals surface area contributed by atoms with Gasteiger partial charge in [-0.15, -0.1) is 0 Å². The minimum absolute atomic E-state index is 0.288. The second-order valence-electron chi connectivity index (χ2n) is 10.2. The third-order valence-corrected chi connectivity index (χ3v) is 7.76. The maximum Gasteiger partial charge on any atom is 0.241 e. The number of piperazine rings is 1. The molecule has 194 valence electrons. The summed E-state index contributed by atoms with van der Waals surface area (Å²) in [5.74, 6) is 0.661. The highest BCUT2D eigenvalue weighted by atomic mass is 16.1. The number of benzene rings is 2. The van der Waals surface area contributed by atoms with E-state index in [1.165, 1.54) is 28.1 Å². The van der Waals surface area contributed by atoms with Gasteiger partial charge in [-0.05, 0) is 62.4 Å². The molecule has 2 fully saturated rings. The van der Waals surface area contributed by atoms with Crippen molar-refractivity contribution in [3.8, 4) is 0 Å². The van der Waals surface area contributed by atoms with E-state index in [0.29, 0.717) is 12.6 Å². The Kier molecular flexibility index (Phi) is 7.17. The number of nitrogens with one attached hydrogen (secondary N) is 1. The maximum absolute atomic E-state index is 12.5. The van der Waals surface area contributed by atoms with Gasteiger partial charge in [-0.3, -0.25) is 9.78 Å². The van der Waals surface area contributed by atoms with E-state index in [-0.39, 0.29) is 11.9 Å². The molecule has 37 heavy (non-hydrogen) atoms. The molecule has 1 amide bonds. The minimum atomic E-state index is -0.377. The standard InChI is InChI=1S/C29H37N7O/c1-20-17-21(2)28(35-15-16-36(25(19-35)29(30)37)24-7-5-4-6-8-24)22(3)27(20)33-23-9-13-34(14-10-23)26-18-31-11-12-32-26/h4-8,11-12,17-18,23,25,33H,9-10,13-16,19H2,1-3H3,(H2,30,37)/t25-/m1/s1. The van der Waals surface area contributed by atoms with Gasteiger partial charge in [0.15, 0.2) is 0 Å². The predicted octanol–water partition coefficient (Wildman–Crippen LogP) is 3.66. The Balaban J connectivity index is 1.33. The van der Waals surface area contributed by atoms with E-state index < -0.39 is 0 Å². The average molecular weight is 500 g/mol. The minimum Gasteiger partial charge on any atom is -0.382 e. The molecule has 0 aliphatic carbocycles. The normalized spacial score (nSPS) is 18.7. The van der Waals surface area contributed by atoms with Crippen LogP contribution in [-0.4, -0.2) is 60.7 Å². The number of hydrogen-bond donors (Lipinski definition) is 2. The van der Waals surface area contributed by atoms with Gasteiger partial charge in [0.1, 0.15) is 11.9 Å². The van der Waals surface area contributed by atoms with Gasteiger partial charge >= 0.3 is 0 Å². The zero-order valence-corrected chi connectivity index (χ0v) is 22.0. The molecule has 0 radical (unpaired) electrons. The van der Waals surface area contributed by atoms with E-state index in [4.69, 9.17) is 5.73 Å². The number of carbonyl (C=O) groups is 1. The molecular formula is C29H37N7O. The second-order valence-corrected chi connectivity index (χ2v) is 10.2. The number of hydrogen-bond acceptors (Lipinski definition) is 7. The number of para-hydroxylation sites is 1. The number of rotatable bonds is 6. The van der Waals surface area contributed by atoms with Gasteiger partial charge in [0.2, 0.25) is 5.91 Å². The van der Waals surface area contributed by atoms with Crippen LogP contribution in [0.5, 0.6) is 0 Å². The molecule has 2 aliphatic rings. The Hall–Kier alpha value is -3.81. The molecule has 2 aliphatic heterocycles. The molecule has 0 spiro atoms. The first kappa shape index (κ1) is 24.9. The summed E-state index contributed by atoms with van der Waals surface area (Å²) in [7, 11) is 0. The molecule has 3 aromatic rings. The van der Waals surface area contributed by atoms with Crippen molar-refractivity contribution in [3.63, 3.8) is 0 Å².